The second-order valence-electron chi connectivity index (χ2n) is 7.14. The van der Waals surface area contributed by atoms with Crippen molar-refractivity contribution in [2.75, 3.05) is 20.2 Å². The number of halogens is 1. The quantitative estimate of drug-likeness (QED) is 0.159. The molecule has 0 amide bonds. The number of rotatable bonds is 12. The average molecular weight is 564 g/mol. The molecule has 0 aliphatic heterocycles. The minimum absolute atomic E-state index is 0. The Labute approximate surface area is 202 Å². The Hall–Kier alpha value is -1.63. The maximum absolute atomic E-state index is 12.3. The third kappa shape index (κ3) is 11.0. The lowest BCUT2D eigenvalue weighted by molar-refractivity contribution is 0.105. The molecule has 8 nitrogen and oxygen atoms in total. The lowest BCUT2D eigenvalue weighted by atomic mass is 10.1. The molecule has 0 aliphatic carbocycles. The predicted molar refractivity (Wildman–Crippen MR) is 134 cm³/mol. The molecule has 0 radical (unpaired) electrons. The van der Waals surface area contributed by atoms with Gasteiger partial charge in [0.05, 0.1) is 12.0 Å². The third-order valence-electron chi connectivity index (χ3n) is 4.13. The third-order valence-corrected chi connectivity index (χ3v) is 5.65. The summed E-state index contributed by atoms with van der Waals surface area (Å²) in [5, 5.41) is 6.47. The Morgan fingerprint density at radius 3 is 2.52 bits per heavy atom. The van der Waals surface area contributed by atoms with Crippen molar-refractivity contribution in [1.82, 2.24) is 15.4 Å². The molecule has 0 fully saturated rings. The fourth-order valence-corrected chi connectivity index (χ4v) is 4.32. The number of sulfonamides is 1. The Bertz CT molecular complexity index is 887. The second kappa shape index (κ2) is 14.4. The van der Waals surface area contributed by atoms with Gasteiger partial charge in [0.15, 0.2) is 5.96 Å². The van der Waals surface area contributed by atoms with E-state index in [0.717, 1.165) is 23.3 Å². The molecular weight excluding hydrogens is 531 g/mol. The van der Waals surface area contributed by atoms with Gasteiger partial charge < -0.3 is 19.8 Å². The number of benzene rings is 1. The van der Waals surface area contributed by atoms with Gasteiger partial charge in [0, 0.05) is 32.8 Å². The second-order valence-corrected chi connectivity index (χ2v) is 8.89. The number of hydrogen-bond acceptors (Lipinski definition) is 5. The first kappa shape index (κ1) is 27.4. The average Bonchev–Trinajstić information content (AvgIpc) is 3.20. The summed E-state index contributed by atoms with van der Waals surface area (Å²) in [5.41, 5.74) is 1.68. The lowest BCUT2D eigenvalue weighted by Crippen LogP contribution is -2.38. The highest BCUT2D eigenvalue weighted by atomic mass is 127. The zero-order chi connectivity index (χ0) is 21.8. The summed E-state index contributed by atoms with van der Waals surface area (Å²) in [7, 11) is -1.68. The van der Waals surface area contributed by atoms with Gasteiger partial charge >= 0.3 is 0 Å². The minimum Gasteiger partial charge on any atom is -0.467 e. The summed E-state index contributed by atoms with van der Waals surface area (Å²) in [5.74, 6) is 1.41. The van der Waals surface area contributed by atoms with E-state index in [1.807, 2.05) is 50.2 Å². The van der Waals surface area contributed by atoms with Crippen LogP contribution in [0.15, 0.2) is 52.1 Å². The maximum atomic E-state index is 12.3. The van der Waals surface area contributed by atoms with E-state index in [4.69, 9.17) is 9.15 Å². The van der Waals surface area contributed by atoms with Gasteiger partial charge in [-0.3, -0.25) is 4.99 Å². The molecule has 2 rings (SSSR count). The molecule has 174 valence electrons. The van der Waals surface area contributed by atoms with Crippen LogP contribution in [0.25, 0.3) is 0 Å². The predicted octanol–water partition coefficient (Wildman–Crippen LogP) is 3.00. The molecule has 1 heterocycles. The van der Waals surface area contributed by atoms with Crippen molar-refractivity contribution in [3.05, 3.63) is 59.5 Å². The minimum atomic E-state index is -3.38. The molecule has 0 unspecified atom stereocenters. The van der Waals surface area contributed by atoms with Crippen LogP contribution in [0.1, 0.15) is 37.2 Å². The molecule has 0 bridgehead atoms. The monoisotopic (exact) mass is 564 g/mol. The van der Waals surface area contributed by atoms with Crippen molar-refractivity contribution in [1.29, 1.82) is 0 Å². The van der Waals surface area contributed by atoms with E-state index in [1.54, 1.807) is 13.3 Å². The van der Waals surface area contributed by atoms with Crippen LogP contribution in [0, 0.1) is 0 Å². The summed E-state index contributed by atoms with van der Waals surface area (Å²) in [6, 6.07) is 11.1. The van der Waals surface area contributed by atoms with Gasteiger partial charge in [-0.1, -0.05) is 24.3 Å². The Morgan fingerprint density at radius 2 is 1.87 bits per heavy atom. The number of hydrogen-bond donors (Lipinski definition) is 3. The molecule has 3 N–H and O–H groups in total. The van der Waals surface area contributed by atoms with Gasteiger partial charge in [0.25, 0.3) is 0 Å². The number of aliphatic imine (C=N–C) groups is 1. The summed E-state index contributed by atoms with van der Waals surface area (Å²) in [4.78, 5) is 4.21. The Balaban J connectivity index is 0.00000480. The molecule has 0 saturated carbocycles. The summed E-state index contributed by atoms with van der Waals surface area (Å²) in [6.45, 7) is 5.86. The molecule has 0 atom stereocenters. The van der Waals surface area contributed by atoms with Crippen molar-refractivity contribution < 1.29 is 17.6 Å². The zero-order valence-electron chi connectivity index (χ0n) is 18.3. The van der Waals surface area contributed by atoms with Gasteiger partial charge in [-0.2, -0.15) is 0 Å². The molecule has 2 aromatic rings. The zero-order valence-corrected chi connectivity index (χ0v) is 21.4. The summed E-state index contributed by atoms with van der Waals surface area (Å²) < 4.78 is 37.9. The van der Waals surface area contributed by atoms with E-state index in [-0.39, 0.29) is 35.8 Å². The number of furan rings is 1. The van der Waals surface area contributed by atoms with E-state index in [0.29, 0.717) is 32.3 Å². The summed E-state index contributed by atoms with van der Waals surface area (Å²) >= 11 is 0. The first-order chi connectivity index (χ1) is 14.4. The van der Waals surface area contributed by atoms with E-state index >= 15 is 0 Å². The molecular formula is C21H33IN4O4S. The van der Waals surface area contributed by atoms with Crippen LogP contribution in [-0.2, 0) is 33.7 Å². The smallest absolute Gasteiger partial charge is 0.216 e. The molecule has 10 heteroatoms. The van der Waals surface area contributed by atoms with Gasteiger partial charge in [-0.25, -0.2) is 13.1 Å². The number of nitrogens with one attached hydrogen (secondary N) is 3. The molecule has 1 aromatic heterocycles. The first-order valence-corrected chi connectivity index (χ1v) is 11.7. The molecule has 0 aliphatic rings. The van der Waals surface area contributed by atoms with E-state index < -0.39 is 10.0 Å². The highest BCUT2D eigenvalue weighted by Crippen LogP contribution is 2.12. The van der Waals surface area contributed by atoms with Gasteiger partial charge in [-0.05, 0) is 43.5 Å². The van der Waals surface area contributed by atoms with E-state index in [1.165, 1.54) is 0 Å². The first-order valence-electron chi connectivity index (χ1n) is 10.0. The highest BCUT2D eigenvalue weighted by Gasteiger charge is 2.15. The topological polar surface area (TPSA) is 105 Å². The summed E-state index contributed by atoms with van der Waals surface area (Å²) in [6.07, 6.45) is 2.45. The maximum Gasteiger partial charge on any atom is 0.216 e. The molecule has 31 heavy (non-hydrogen) atoms. The standard InChI is InChI=1S/C21H32N4O4S.HI/c1-17(2)25-30(26,27)16-19-9-5-4-8-18(19)14-24-21(22-3)23-11-7-12-28-15-20-10-6-13-29-20;/h4-6,8-10,13,17,25H,7,11-12,14-16H2,1-3H3,(H2,22,23,24);1H. The van der Waals surface area contributed by atoms with E-state index in [2.05, 4.69) is 20.3 Å². The van der Waals surface area contributed by atoms with Gasteiger partial charge in [-0.15, -0.1) is 24.0 Å². The lowest BCUT2D eigenvalue weighted by Gasteiger charge is -2.15. The number of nitrogens with zero attached hydrogens (tertiary/aromatic N) is 1. The van der Waals surface area contributed by atoms with Crippen LogP contribution in [0.3, 0.4) is 0 Å². The van der Waals surface area contributed by atoms with E-state index in [9.17, 15) is 8.42 Å². The van der Waals surface area contributed by atoms with Crippen molar-refractivity contribution in [2.45, 2.75) is 45.2 Å². The van der Waals surface area contributed by atoms with Gasteiger partial charge in [0.1, 0.15) is 12.4 Å². The van der Waals surface area contributed by atoms with Crippen LogP contribution < -0.4 is 15.4 Å². The van der Waals surface area contributed by atoms with Crippen LogP contribution in [-0.4, -0.2) is 40.6 Å². The largest absolute Gasteiger partial charge is 0.467 e. The SMILES string of the molecule is CN=C(NCCCOCc1ccco1)NCc1ccccc1CS(=O)(=O)NC(C)C.I. The van der Waals surface area contributed by atoms with Crippen molar-refractivity contribution in [3.8, 4) is 0 Å². The molecule has 0 saturated heterocycles. The molecule has 1 aromatic carbocycles. The van der Waals surface area contributed by atoms with Crippen LogP contribution in [0.4, 0.5) is 0 Å². The van der Waals surface area contributed by atoms with Crippen LogP contribution >= 0.6 is 24.0 Å². The normalized spacial score (nSPS) is 11.9. The molecule has 0 spiro atoms. The Morgan fingerprint density at radius 1 is 1.13 bits per heavy atom. The highest BCUT2D eigenvalue weighted by molar-refractivity contribution is 14.0. The fourth-order valence-electron chi connectivity index (χ4n) is 2.82. The van der Waals surface area contributed by atoms with Crippen molar-refractivity contribution >= 4 is 40.0 Å². The van der Waals surface area contributed by atoms with Crippen molar-refractivity contribution in [2.24, 2.45) is 4.99 Å². The van der Waals surface area contributed by atoms with Crippen molar-refractivity contribution in [3.63, 3.8) is 0 Å². The fraction of sp³-hybridized carbons (Fsp3) is 0.476. The number of guanidine groups is 1. The number of ether oxygens (including phenoxy) is 1. The Kier molecular flexibility index (Phi) is 12.8. The van der Waals surface area contributed by atoms with Gasteiger partial charge in [0.2, 0.25) is 10.0 Å². The van der Waals surface area contributed by atoms with Crippen LogP contribution in [0.2, 0.25) is 0 Å². The van der Waals surface area contributed by atoms with Crippen LogP contribution in [0.5, 0.6) is 0 Å².